The predicted octanol–water partition coefficient (Wildman–Crippen LogP) is 1.69. The monoisotopic (exact) mass is 247 g/mol. The average molecular weight is 247 g/mol. The molecule has 18 heavy (non-hydrogen) atoms. The Hall–Kier alpha value is -2.50. The van der Waals surface area contributed by atoms with Gasteiger partial charge in [-0.25, -0.2) is 4.79 Å². The molecule has 0 aliphatic heterocycles. The fraction of sp³-hybridized carbons (Fsp3) is 0.167. The van der Waals surface area contributed by atoms with Crippen molar-refractivity contribution in [3.8, 4) is 11.3 Å². The highest BCUT2D eigenvalue weighted by Gasteiger charge is 2.21. The molecule has 0 saturated heterocycles. The molecule has 2 rings (SSSR count). The first-order valence-electron chi connectivity index (χ1n) is 5.27. The van der Waals surface area contributed by atoms with E-state index in [-0.39, 0.29) is 17.1 Å². The number of anilines is 2. The molecule has 2 aromatic rings. The lowest BCUT2D eigenvalue weighted by atomic mass is 10.1. The van der Waals surface area contributed by atoms with E-state index in [4.69, 9.17) is 15.4 Å². The molecule has 6 nitrogen and oxygen atoms in total. The third-order valence-electron chi connectivity index (χ3n) is 2.59. The number of carbonyl (C=O) groups is 1. The Morgan fingerprint density at radius 2 is 1.94 bits per heavy atom. The Bertz CT molecular complexity index is 573. The first kappa shape index (κ1) is 12.0. The number of nitrogens with two attached hydrogens (primary N) is 1. The van der Waals surface area contributed by atoms with E-state index in [0.29, 0.717) is 5.56 Å². The topological polar surface area (TPSA) is 92.6 Å². The van der Waals surface area contributed by atoms with Crippen LogP contribution in [0.15, 0.2) is 28.8 Å². The molecule has 0 radical (unpaired) electrons. The summed E-state index contributed by atoms with van der Waals surface area (Å²) in [5.41, 5.74) is 7.23. The van der Waals surface area contributed by atoms with Crippen molar-refractivity contribution in [2.45, 2.75) is 0 Å². The van der Waals surface area contributed by atoms with Gasteiger partial charge >= 0.3 is 5.97 Å². The van der Waals surface area contributed by atoms with Gasteiger partial charge in [-0.2, -0.15) is 0 Å². The number of carboxylic acid groups (broad SMARTS) is 1. The molecular formula is C12H13N3O3. The quantitative estimate of drug-likeness (QED) is 0.857. The van der Waals surface area contributed by atoms with E-state index >= 15 is 0 Å². The minimum atomic E-state index is -1.15. The van der Waals surface area contributed by atoms with Crippen LogP contribution in [0.1, 0.15) is 10.4 Å². The highest BCUT2D eigenvalue weighted by atomic mass is 16.5. The summed E-state index contributed by atoms with van der Waals surface area (Å²) in [4.78, 5) is 13.0. The van der Waals surface area contributed by atoms with Gasteiger partial charge in [-0.15, -0.1) is 0 Å². The second-order valence-corrected chi connectivity index (χ2v) is 4.02. The van der Waals surface area contributed by atoms with E-state index < -0.39 is 5.97 Å². The number of nitrogens with zero attached hydrogens (tertiary/aromatic N) is 2. The van der Waals surface area contributed by atoms with Crippen LogP contribution in [0.4, 0.5) is 11.6 Å². The molecule has 1 aromatic heterocycles. The first-order valence-corrected chi connectivity index (χ1v) is 5.27. The SMILES string of the molecule is CN(C)c1ccc(-c2noc(N)c2C(=O)O)cc1. The van der Waals surface area contributed by atoms with Gasteiger partial charge in [-0.1, -0.05) is 17.3 Å². The van der Waals surface area contributed by atoms with E-state index in [9.17, 15) is 4.79 Å². The number of rotatable bonds is 3. The van der Waals surface area contributed by atoms with E-state index in [0.717, 1.165) is 5.69 Å². The van der Waals surface area contributed by atoms with E-state index in [1.54, 1.807) is 12.1 Å². The molecule has 0 spiro atoms. The molecule has 0 aliphatic rings. The molecule has 1 heterocycles. The molecule has 0 atom stereocenters. The number of nitrogen functional groups attached to an aromatic ring is 1. The predicted molar refractivity (Wildman–Crippen MR) is 67.6 cm³/mol. The molecule has 1 aromatic carbocycles. The molecular weight excluding hydrogens is 234 g/mol. The number of carboxylic acids is 1. The van der Waals surface area contributed by atoms with Gasteiger partial charge in [0.2, 0.25) is 5.88 Å². The van der Waals surface area contributed by atoms with Gasteiger partial charge in [0.05, 0.1) is 0 Å². The van der Waals surface area contributed by atoms with Crippen LogP contribution in [-0.4, -0.2) is 30.3 Å². The average Bonchev–Trinajstić information content (AvgIpc) is 2.71. The Labute approximate surface area is 104 Å². The largest absolute Gasteiger partial charge is 0.477 e. The van der Waals surface area contributed by atoms with Crippen LogP contribution in [0.2, 0.25) is 0 Å². The van der Waals surface area contributed by atoms with Crippen molar-refractivity contribution < 1.29 is 14.4 Å². The maximum Gasteiger partial charge on any atom is 0.343 e. The van der Waals surface area contributed by atoms with Crippen LogP contribution in [0.3, 0.4) is 0 Å². The van der Waals surface area contributed by atoms with Gasteiger partial charge in [0.25, 0.3) is 0 Å². The summed E-state index contributed by atoms with van der Waals surface area (Å²) in [5, 5.41) is 12.7. The van der Waals surface area contributed by atoms with Crippen molar-refractivity contribution in [1.29, 1.82) is 0 Å². The Morgan fingerprint density at radius 3 is 2.44 bits per heavy atom. The molecule has 3 N–H and O–H groups in total. The molecule has 6 heteroatoms. The van der Waals surface area contributed by atoms with Gasteiger partial charge in [-0.3, -0.25) is 0 Å². The summed E-state index contributed by atoms with van der Waals surface area (Å²) in [6, 6.07) is 7.29. The fourth-order valence-electron chi connectivity index (χ4n) is 1.62. The van der Waals surface area contributed by atoms with Crippen LogP contribution in [0, 0.1) is 0 Å². The summed E-state index contributed by atoms with van der Waals surface area (Å²) in [5.74, 6) is -1.34. The number of benzene rings is 1. The van der Waals surface area contributed by atoms with Crippen molar-refractivity contribution in [3.63, 3.8) is 0 Å². The van der Waals surface area contributed by atoms with Crippen molar-refractivity contribution >= 4 is 17.5 Å². The van der Waals surface area contributed by atoms with Gasteiger partial charge in [0.1, 0.15) is 5.69 Å². The van der Waals surface area contributed by atoms with Crippen LogP contribution in [0.25, 0.3) is 11.3 Å². The molecule has 0 aliphatic carbocycles. The summed E-state index contributed by atoms with van der Waals surface area (Å²) in [6.45, 7) is 0. The lowest BCUT2D eigenvalue weighted by Gasteiger charge is -2.12. The lowest BCUT2D eigenvalue weighted by Crippen LogP contribution is -2.08. The number of hydrogen-bond acceptors (Lipinski definition) is 5. The smallest absolute Gasteiger partial charge is 0.343 e. The van der Waals surface area contributed by atoms with Crippen molar-refractivity contribution in [2.75, 3.05) is 24.7 Å². The van der Waals surface area contributed by atoms with Crippen LogP contribution >= 0.6 is 0 Å². The summed E-state index contributed by atoms with van der Waals surface area (Å²) in [7, 11) is 3.84. The van der Waals surface area contributed by atoms with Gasteiger partial charge in [0.15, 0.2) is 5.56 Å². The number of aromatic carboxylic acids is 1. The van der Waals surface area contributed by atoms with E-state index in [1.807, 2.05) is 31.1 Å². The fourth-order valence-corrected chi connectivity index (χ4v) is 1.62. The van der Waals surface area contributed by atoms with Crippen LogP contribution in [-0.2, 0) is 0 Å². The molecule has 0 saturated carbocycles. The van der Waals surface area contributed by atoms with Crippen molar-refractivity contribution in [3.05, 3.63) is 29.8 Å². The second-order valence-electron chi connectivity index (χ2n) is 4.02. The van der Waals surface area contributed by atoms with Crippen molar-refractivity contribution in [1.82, 2.24) is 5.16 Å². The highest BCUT2D eigenvalue weighted by Crippen LogP contribution is 2.28. The third kappa shape index (κ3) is 2.00. The summed E-state index contributed by atoms with van der Waals surface area (Å²) < 4.78 is 4.73. The first-order chi connectivity index (χ1) is 8.50. The zero-order chi connectivity index (χ0) is 13.3. The van der Waals surface area contributed by atoms with Gasteiger partial charge in [0, 0.05) is 25.3 Å². The zero-order valence-electron chi connectivity index (χ0n) is 10.0. The number of aromatic nitrogens is 1. The van der Waals surface area contributed by atoms with Crippen molar-refractivity contribution in [2.24, 2.45) is 0 Å². The lowest BCUT2D eigenvalue weighted by molar-refractivity contribution is 0.0698. The third-order valence-corrected chi connectivity index (χ3v) is 2.59. The van der Waals surface area contributed by atoms with Crippen LogP contribution < -0.4 is 10.6 Å². The molecule has 0 unspecified atom stereocenters. The van der Waals surface area contributed by atoms with E-state index in [2.05, 4.69) is 5.16 Å². The summed E-state index contributed by atoms with van der Waals surface area (Å²) in [6.07, 6.45) is 0. The van der Waals surface area contributed by atoms with Gasteiger partial charge < -0.3 is 20.3 Å². The molecule has 94 valence electrons. The standard InChI is InChI=1S/C12H13N3O3/c1-15(2)8-5-3-7(4-6-8)10-9(12(16)17)11(13)18-14-10/h3-6H,13H2,1-2H3,(H,16,17). The number of hydrogen-bond donors (Lipinski definition) is 2. The van der Waals surface area contributed by atoms with Gasteiger partial charge in [-0.05, 0) is 12.1 Å². The maximum atomic E-state index is 11.1. The Balaban J connectivity index is 2.46. The van der Waals surface area contributed by atoms with E-state index in [1.165, 1.54) is 0 Å². The minimum absolute atomic E-state index is 0.104. The molecule has 0 bridgehead atoms. The normalized spacial score (nSPS) is 10.3. The second kappa shape index (κ2) is 4.40. The highest BCUT2D eigenvalue weighted by molar-refractivity contribution is 5.99. The molecule has 0 fully saturated rings. The molecule has 0 amide bonds. The maximum absolute atomic E-state index is 11.1. The Kier molecular flexibility index (Phi) is 2.93. The Morgan fingerprint density at radius 1 is 1.33 bits per heavy atom. The zero-order valence-corrected chi connectivity index (χ0v) is 10.0. The summed E-state index contributed by atoms with van der Waals surface area (Å²) >= 11 is 0. The minimum Gasteiger partial charge on any atom is -0.477 e. The van der Waals surface area contributed by atoms with Crippen LogP contribution in [0.5, 0.6) is 0 Å².